The van der Waals surface area contributed by atoms with E-state index in [1.807, 2.05) is 0 Å². The van der Waals surface area contributed by atoms with Gasteiger partial charge in [-0.25, -0.2) is 0 Å². The van der Waals surface area contributed by atoms with Gasteiger partial charge in [0.05, 0.1) is 22.1 Å². The molecule has 1 aliphatic carbocycles. The van der Waals surface area contributed by atoms with Crippen molar-refractivity contribution in [2.45, 2.75) is 5.41 Å². The molecule has 11 aromatic rings. The second-order valence-electron chi connectivity index (χ2n) is 16.0. The van der Waals surface area contributed by atoms with Crippen molar-refractivity contribution in [1.82, 2.24) is 4.57 Å². The summed E-state index contributed by atoms with van der Waals surface area (Å²) < 4.78 is 2.43. The lowest BCUT2D eigenvalue weighted by molar-refractivity contribution is 0.770. The molecular weight excluding hydrogens is 737 g/mol. The molecule has 0 N–H and O–H groups in total. The minimum Gasteiger partial charge on any atom is -0.310 e. The van der Waals surface area contributed by atoms with E-state index >= 15 is 0 Å². The van der Waals surface area contributed by atoms with Gasteiger partial charge in [-0.05, 0) is 111 Å². The lowest BCUT2D eigenvalue weighted by atomic mass is 9.67. The summed E-state index contributed by atoms with van der Waals surface area (Å²) in [5, 5.41) is 4.84. The Bertz CT molecular complexity index is 3360. The van der Waals surface area contributed by atoms with Gasteiger partial charge in [-0.15, -0.1) is 0 Å². The van der Waals surface area contributed by atoms with Crippen LogP contribution in [0.25, 0.3) is 60.5 Å². The Labute approximate surface area is 355 Å². The van der Waals surface area contributed by atoms with Crippen molar-refractivity contribution in [2.75, 3.05) is 4.90 Å². The predicted molar refractivity (Wildman–Crippen MR) is 256 cm³/mol. The fourth-order valence-electron chi connectivity index (χ4n) is 10.3. The maximum atomic E-state index is 2.49. The van der Waals surface area contributed by atoms with Crippen molar-refractivity contribution < 1.29 is 0 Å². The first-order valence-corrected chi connectivity index (χ1v) is 21.1. The summed E-state index contributed by atoms with van der Waals surface area (Å²) in [6, 6.07) is 89.1. The van der Waals surface area contributed by atoms with Crippen molar-refractivity contribution in [1.29, 1.82) is 0 Å². The van der Waals surface area contributed by atoms with E-state index in [0.717, 1.165) is 22.7 Å². The smallest absolute Gasteiger partial charge is 0.0713 e. The molecule has 0 radical (unpaired) electrons. The molecule has 1 heterocycles. The van der Waals surface area contributed by atoms with Crippen molar-refractivity contribution >= 4 is 49.6 Å². The summed E-state index contributed by atoms with van der Waals surface area (Å²) in [6.45, 7) is 0. The number of hydrogen-bond acceptors (Lipinski definition) is 1. The first kappa shape index (κ1) is 35.0. The molecule has 0 fully saturated rings. The molecule has 61 heavy (non-hydrogen) atoms. The summed E-state index contributed by atoms with van der Waals surface area (Å²) in [7, 11) is 0. The highest BCUT2D eigenvalue weighted by Crippen LogP contribution is 2.56. The molecule has 0 amide bonds. The molecule has 10 aromatic carbocycles. The highest BCUT2D eigenvalue weighted by Gasteiger charge is 2.46. The number of benzene rings is 10. The summed E-state index contributed by atoms with van der Waals surface area (Å²) >= 11 is 0. The Morgan fingerprint density at radius 2 is 0.869 bits per heavy atom. The first-order valence-electron chi connectivity index (χ1n) is 21.1. The van der Waals surface area contributed by atoms with E-state index in [0.29, 0.717) is 0 Å². The summed E-state index contributed by atoms with van der Waals surface area (Å²) in [6.07, 6.45) is 0. The number of para-hydroxylation sites is 2. The number of anilines is 3. The van der Waals surface area contributed by atoms with Crippen LogP contribution in [0.2, 0.25) is 0 Å². The van der Waals surface area contributed by atoms with E-state index in [4.69, 9.17) is 0 Å². The fourth-order valence-corrected chi connectivity index (χ4v) is 10.3. The molecule has 2 nitrogen and oxygen atoms in total. The van der Waals surface area contributed by atoms with Crippen LogP contribution in [0.3, 0.4) is 0 Å². The van der Waals surface area contributed by atoms with Gasteiger partial charge in [-0.2, -0.15) is 0 Å². The van der Waals surface area contributed by atoms with Gasteiger partial charge in [0.2, 0.25) is 0 Å². The van der Waals surface area contributed by atoms with Crippen LogP contribution < -0.4 is 4.90 Å². The van der Waals surface area contributed by atoms with Crippen molar-refractivity contribution in [3.05, 3.63) is 265 Å². The monoisotopic (exact) mass is 776 g/mol. The molecule has 1 aromatic heterocycles. The molecule has 2 heteroatoms. The molecule has 286 valence electrons. The highest BCUT2D eigenvalue weighted by atomic mass is 15.1. The molecule has 0 saturated carbocycles. The minimum atomic E-state index is -0.503. The largest absolute Gasteiger partial charge is 0.310 e. The quantitative estimate of drug-likeness (QED) is 0.156. The number of nitrogens with zero attached hydrogens (tertiary/aromatic N) is 2. The zero-order valence-corrected chi connectivity index (χ0v) is 33.5. The zero-order valence-electron chi connectivity index (χ0n) is 33.5. The zero-order chi connectivity index (χ0) is 40.3. The van der Waals surface area contributed by atoms with Crippen LogP contribution in [0.1, 0.15) is 22.3 Å². The van der Waals surface area contributed by atoms with Gasteiger partial charge in [-0.1, -0.05) is 182 Å². The topological polar surface area (TPSA) is 8.17 Å². The van der Waals surface area contributed by atoms with E-state index < -0.39 is 5.41 Å². The second kappa shape index (κ2) is 14.1. The van der Waals surface area contributed by atoms with Crippen molar-refractivity contribution in [3.8, 4) is 27.9 Å². The average molecular weight is 777 g/mol. The van der Waals surface area contributed by atoms with Gasteiger partial charge in [0.1, 0.15) is 0 Å². The molecule has 12 rings (SSSR count). The van der Waals surface area contributed by atoms with Crippen molar-refractivity contribution in [3.63, 3.8) is 0 Å². The minimum absolute atomic E-state index is 0.503. The number of fused-ring (bicyclic) bond motifs is 7. The molecule has 0 spiro atoms. The van der Waals surface area contributed by atoms with E-state index in [2.05, 4.69) is 252 Å². The molecule has 0 atom stereocenters. The Morgan fingerprint density at radius 3 is 1.56 bits per heavy atom. The van der Waals surface area contributed by atoms with E-state index in [1.54, 1.807) is 0 Å². The van der Waals surface area contributed by atoms with Crippen LogP contribution in [-0.4, -0.2) is 4.57 Å². The first-order chi connectivity index (χ1) is 30.3. The van der Waals surface area contributed by atoms with Gasteiger partial charge in [0.25, 0.3) is 0 Å². The Kier molecular flexibility index (Phi) is 8.11. The van der Waals surface area contributed by atoms with Crippen LogP contribution in [0, 0.1) is 0 Å². The van der Waals surface area contributed by atoms with Crippen LogP contribution in [0.5, 0.6) is 0 Å². The van der Waals surface area contributed by atoms with E-state index in [1.165, 1.54) is 77.1 Å². The average Bonchev–Trinajstić information content (AvgIpc) is 3.83. The molecular formula is C59H40N2. The van der Waals surface area contributed by atoms with Crippen LogP contribution >= 0.6 is 0 Å². The van der Waals surface area contributed by atoms with Gasteiger partial charge < -0.3 is 9.47 Å². The van der Waals surface area contributed by atoms with Gasteiger partial charge >= 0.3 is 0 Å². The third-order valence-electron chi connectivity index (χ3n) is 12.9. The van der Waals surface area contributed by atoms with Crippen molar-refractivity contribution in [2.24, 2.45) is 0 Å². The van der Waals surface area contributed by atoms with Gasteiger partial charge in [-0.3, -0.25) is 0 Å². The summed E-state index contributed by atoms with van der Waals surface area (Å²) in [5.41, 5.74) is 16.5. The van der Waals surface area contributed by atoms with Crippen LogP contribution in [0.15, 0.2) is 243 Å². The lowest BCUT2D eigenvalue weighted by Gasteiger charge is -2.34. The standard InChI is InChI=1S/C59H40N2/c1-5-19-41(20-6-1)47-35-38-56(51-30-14-13-27-48(47)51)60(44-23-9-3-10-24-44)46-34-37-58-53(40-46)52-39-43(33-36-57(52)61(58)45-25-11-4-12-26-45)59(42-21-7-2-8-22-42)54-31-17-15-28-49(54)50-29-16-18-32-55(50)59/h1-40H. The van der Waals surface area contributed by atoms with Gasteiger partial charge in [0, 0.05) is 33.2 Å². The molecule has 0 unspecified atom stereocenters. The Morgan fingerprint density at radius 1 is 0.328 bits per heavy atom. The second-order valence-corrected chi connectivity index (χ2v) is 16.0. The van der Waals surface area contributed by atoms with E-state index in [-0.39, 0.29) is 0 Å². The third-order valence-corrected chi connectivity index (χ3v) is 12.9. The summed E-state index contributed by atoms with van der Waals surface area (Å²) in [4.78, 5) is 2.43. The third kappa shape index (κ3) is 5.36. The van der Waals surface area contributed by atoms with Gasteiger partial charge in [0.15, 0.2) is 0 Å². The maximum Gasteiger partial charge on any atom is 0.0713 e. The van der Waals surface area contributed by atoms with Crippen LogP contribution in [-0.2, 0) is 5.41 Å². The van der Waals surface area contributed by atoms with Crippen LogP contribution in [0.4, 0.5) is 17.1 Å². The summed E-state index contributed by atoms with van der Waals surface area (Å²) in [5.74, 6) is 0. The normalized spacial score (nSPS) is 12.7. The number of hydrogen-bond donors (Lipinski definition) is 0. The Balaban J connectivity index is 1.14. The lowest BCUT2D eigenvalue weighted by Crippen LogP contribution is -2.28. The maximum absolute atomic E-state index is 2.49. The Hall–Kier alpha value is -7.94. The molecule has 1 aliphatic rings. The predicted octanol–water partition coefficient (Wildman–Crippen LogP) is 15.4. The SMILES string of the molecule is c1ccc(-c2ccc(N(c3ccccc3)c3ccc4c(c3)c3cc(C5(c6ccccc6)c6ccccc6-c6ccccc65)ccc3n4-c3ccccc3)c3ccccc23)cc1. The fraction of sp³-hybridized carbons (Fsp3) is 0.0169. The number of aromatic nitrogens is 1. The molecule has 0 saturated heterocycles. The molecule has 0 aliphatic heterocycles. The number of rotatable bonds is 7. The highest BCUT2D eigenvalue weighted by molar-refractivity contribution is 6.12. The molecule has 0 bridgehead atoms. The van der Waals surface area contributed by atoms with E-state index in [9.17, 15) is 0 Å².